The monoisotopic (exact) mass is 193 g/mol. The van der Waals surface area contributed by atoms with Crippen LogP contribution in [0.1, 0.15) is 6.42 Å². The predicted octanol–water partition coefficient (Wildman–Crippen LogP) is 0.0625. The Morgan fingerprint density at radius 1 is 1.50 bits per heavy atom. The molecule has 0 aliphatic heterocycles. The highest BCUT2D eigenvalue weighted by atomic mass is 28.4. The molecule has 1 atom stereocenters. The third-order valence-corrected chi connectivity index (χ3v) is 4.56. The molecule has 0 aromatic carbocycles. The summed E-state index contributed by atoms with van der Waals surface area (Å²) in [5.74, 6) is 0. The van der Waals surface area contributed by atoms with E-state index < -0.39 is 8.56 Å². The third-order valence-electron chi connectivity index (χ3n) is 1.75. The molecule has 3 N–H and O–H groups in total. The maximum atomic E-state index is 8.74. The van der Waals surface area contributed by atoms with Crippen LogP contribution < -0.4 is 5.73 Å². The molecule has 0 heterocycles. The van der Waals surface area contributed by atoms with E-state index in [0.717, 1.165) is 6.42 Å². The molecule has 0 amide bonds. The van der Waals surface area contributed by atoms with Crippen LogP contribution in [0.2, 0.25) is 12.6 Å². The van der Waals surface area contributed by atoms with Gasteiger partial charge in [0.15, 0.2) is 0 Å². The number of aliphatic hydroxyl groups excluding tert-OH is 1. The minimum absolute atomic E-state index is 0.124. The van der Waals surface area contributed by atoms with Crippen LogP contribution in [0, 0.1) is 0 Å². The van der Waals surface area contributed by atoms with Gasteiger partial charge in [-0.15, -0.1) is 0 Å². The Morgan fingerprint density at radius 3 is 2.58 bits per heavy atom. The lowest BCUT2D eigenvalue weighted by molar-refractivity contribution is 0.192. The van der Waals surface area contributed by atoms with Crippen LogP contribution in [0.3, 0.4) is 0 Å². The largest absolute Gasteiger partial charge is 0.398 e. The molecule has 0 saturated carbocycles. The highest BCUT2D eigenvalue weighted by Crippen LogP contribution is 2.11. The van der Waals surface area contributed by atoms with Gasteiger partial charge in [0, 0.05) is 26.4 Å². The molecule has 0 aromatic heterocycles. The second-order valence-electron chi connectivity index (χ2n) is 2.80. The fourth-order valence-corrected chi connectivity index (χ4v) is 2.26. The number of aliphatic hydroxyl groups is 1. The van der Waals surface area contributed by atoms with Crippen molar-refractivity contribution in [3.63, 3.8) is 0 Å². The maximum absolute atomic E-state index is 8.74. The zero-order valence-electron chi connectivity index (χ0n) is 7.88. The van der Waals surface area contributed by atoms with E-state index in [0.29, 0.717) is 19.2 Å². The summed E-state index contributed by atoms with van der Waals surface area (Å²) >= 11 is 0. The van der Waals surface area contributed by atoms with E-state index in [-0.39, 0.29) is 6.61 Å². The number of hydrogen-bond acceptors (Lipinski definition) is 4. The lowest BCUT2D eigenvalue weighted by Gasteiger charge is -2.23. The first-order chi connectivity index (χ1) is 5.68. The molecular formula is C7H19NO3Si. The summed E-state index contributed by atoms with van der Waals surface area (Å²) in [6, 6.07) is 0.619. The Hall–Kier alpha value is 0.0569. The van der Waals surface area contributed by atoms with E-state index in [2.05, 4.69) is 0 Å². The van der Waals surface area contributed by atoms with Crippen LogP contribution in [0.15, 0.2) is 0 Å². The van der Waals surface area contributed by atoms with Crippen molar-refractivity contribution in [2.24, 2.45) is 5.73 Å². The van der Waals surface area contributed by atoms with Crippen molar-refractivity contribution in [2.45, 2.75) is 19.0 Å². The summed E-state index contributed by atoms with van der Waals surface area (Å²) in [5.41, 5.74) is 5.32. The molecule has 0 aliphatic carbocycles. The first kappa shape index (κ1) is 12.1. The molecule has 0 saturated heterocycles. The van der Waals surface area contributed by atoms with Crippen LogP contribution in [-0.2, 0) is 8.85 Å². The molecule has 0 aromatic rings. The van der Waals surface area contributed by atoms with E-state index in [1.807, 2.05) is 6.55 Å². The van der Waals surface area contributed by atoms with Gasteiger partial charge in [-0.1, -0.05) is 0 Å². The summed E-state index contributed by atoms with van der Waals surface area (Å²) < 4.78 is 10.8. The molecule has 5 heteroatoms. The van der Waals surface area contributed by atoms with Gasteiger partial charge in [-0.25, -0.2) is 0 Å². The van der Waals surface area contributed by atoms with Crippen molar-refractivity contribution in [3.8, 4) is 0 Å². The van der Waals surface area contributed by atoms with Crippen molar-refractivity contribution in [1.29, 1.82) is 0 Å². The van der Waals surface area contributed by atoms with Crippen LogP contribution in [0.4, 0.5) is 0 Å². The molecular weight excluding hydrogens is 174 g/mol. The van der Waals surface area contributed by atoms with Crippen molar-refractivity contribution < 1.29 is 14.0 Å². The van der Waals surface area contributed by atoms with Crippen LogP contribution >= 0.6 is 0 Å². The number of nitrogens with two attached hydrogens (primary N) is 1. The molecule has 0 rings (SSSR count). The highest BCUT2D eigenvalue weighted by molar-refractivity contribution is 6.66. The molecule has 0 radical (unpaired) electrons. The van der Waals surface area contributed by atoms with Gasteiger partial charge in [0.25, 0.3) is 0 Å². The smallest absolute Gasteiger partial charge is 0.336 e. The summed E-state index contributed by atoms with van der Waals surface area (Å²) in [4.78, 5) is 0. The molecule has 12 heavy (non-hydrogen) atoms. The molecule has 74 valence electrons. The number of rotatable bonds is 7. The highest BCUT2D eigenvalue weighted by Gasteiger charge is 2.28. The summed E-state index contributed by atoms with van der Waals surface area (Å²) in [6.07, 6.45) is 0.845. The van der Waals surface area contributed by atoms with E-state index in [1.54, 1.807) is 7.11 Å². The minimum Gasteiger partial charge on any atom is -0.398 e. The normalized spacial score (nSPS) is 16.0. The average molecular weight is 193 g/mol. The van der Waals surface area contributed by atoms with Crippen LogP contribution in [0.25, 0.3) is 0 Å². The maximum Gasteiger partial charge on any atom is 0.336 e. The molecule has 1 unspecified atom stereocenters. The number of hydrogen-bond donors (Lipinski definition) is 2. The Kier molecular flexibility index (Phi) is 6.59. The van der Waals surface area contributed by atoms with Gasteiger partial charge < -0.3 is 19.7 Å². The van der Waals surface area contributed by atoms with Gasteiger partial charge in [-0.2, -0.15) is 0 Å². The molecule has 0 spiro atoms. The Balaban J connectivity index is 3.63. The predicted molar refractivity (Wildman–Crippen MR) is 50.1 cm³/mol. The Morgan fingerprint density at radius 2 is 2.17 bits per heavy atom. The lowest BCUT2D eigenvalue weighted by atomic mass is 10.5. The van der Waals surface area contributed by atoms with Gasteiger partial charge in [-0.3, -0.25) is 0 Å². The Bertz CT molecular complexity index is 115. The topological polar surface area (TPSA) is 64.7 Å². The van der Waals surface area contributed by atoms with Crippen molar-refractivity contribution in [2.75, 3.05) is 26.9 Å². The van der Waals surface area contributed by atoms with Gasteiger partial charge in [-0.05, 0) is 19.5 Å². The minimum atomic E-state index is -2.07. The second kappa shape index (κ2) is 6.56. The Labute approximate surface area is 74.9 Å². The van der Waals surface area contributed by atoms with E-state index in [9.17, 15) is 0 Å². The molecule has 0 aliphatic rings. The van der Waals surface area contributed by atoms with Crippen LogP contribution in [-0.4, -0.2) is 40.5 Å². The lowest BCUT2D eigenvalue weighted by Crippen LogP contribution is -2.38. The van der Waals surface area contributed by atoms with E-state index >= 15 is 0 Å². The summed E-state index contributed by atoms with van der Waals surface area (Å²) in [6.45, 7) is 3.33. The molecule has 0 bridgehead atoms. The van der Waals surface area contributed by atoms with Gasteiger partial charge in [0.05, 0.1) is 0 Å². The van der Waals surface area contributed by atoms with Gasteiger partial charge in [0.2, 0.25) is 0 Å². The SMILES string of the molecule is CO[Si](C)(CCO)OCCCN. The molecule has 4 nitrogen and oxygen atoms in total. The zero-order valence-corrected chi connectivity index (χ0v) is 8.88. The standard InChI is InChI=1S/C7H19NO3Si/c1-10-12(2,7-5-9)11-6-3-4-8/h9H,3-8H2,1-2H3. The molecule has 0 fully saturated rings. The average Bonchev–Trinajstić information content (AvgIpc) is 2.06. The fourth-order valence-electron chi connectivity index (χ4n) is 0.808. The van der Waals surface area contributed by atoms with Crippen molar-refractivity contribution >= 4 is 8.56 Å². The quantitative estimate of drug-likeness (QED) is 0.443. The summed E-state index contributed by atoms with van der Waals surface area (Å²) in [7, 11) is -0.437. The van der Waals surface area contributed by atoms with E-state index in [4.69, 9.17) is 19.7 Å². The van der Waals surface area contributed by atoms with E-state index in [1.165, 1.54) is 0 Å². The van der Waals surface area contributed by atoms with Crippen molar-refractivity contribution in [1.82, 2.24) is 0 Å². The zero-order chi connectivity index (χ0) is 9.45. The second-order valence-corrected chi connectivity index (χ2v) is 6.27. The first-order valence-electron chi connectivity index (χ1n) is 4.18. The van der Waals surface area contributed by atoms with Crippen LogP contribution in [0.5, 0.6) is 0 Å². The van der Waals surface area contributed by atoms with Gasteiger partial charge in [0.1, 0.15) is 0 Å². The van der Waals surface area contributed by atoms with Gasteiger partial charge >= 0.3 is 8.56 Å². The fraction of sp³-hybridized carbons (Fsp3) is 1.00. The third kappa shape index (κ3) is 4.84. The summed E-state index contributed by atoms with van der Waals surface area (Å²) in [5, 5.41) is 8.74. The first-order valence-corrected chi connectivity index (χ1v) is 6.71. The van der Waals surface area contributed by atoms with Crippen molar-refractivity contribution in [3.05, 3.63) is 0 Å².